The van der Waals surface area contributed by atoms with E-state index in [2.05, 4.69) is 16.0 Å². The van der Waals surface area contributed by atoms with Crippen molar-refractivity contribution >= 4 is 18.2 Å². The van der Waals surface area contributed by atoms with Crippen molar-refractivity contribution in [1.82, 2.24) is 4.98 Å². The Morgan fingerprint density at radius 2 is 2.41 bits per heavy atom. The normalized spacial score (nSPS) is 19.3. The third-order valence-corrected chi connectivity index (χ3v) is 3.05. The van der Waals surface area contributed by atoms with E-state index in [0.29, 0.717) is 11.5 Å². The highest BCUT2D eigenvalue weighted by Gasteiger charge is 2.19. The molecule has 1 atom stereocenters. The van der Waals surface area contributed by atoms with Crippen LogP contribution in [-0.4, -0.2) is 24.6 Å². The second-order valence-electron chi connectivity index (χ2n) is 4.20. The fourth-order valence-electron chi connectivity index (χ4n) is 2.13. The Morgan fingerprint density at radius 3 is 3.12 bits per heavy atom. The minimum Gasteiger partial charge on any atom is -0.356 e. The summed E-state index contributed by atoms with van der Waals surface area (Å²) in [7, 11) is 0. The van der Waals surface area contributed by atoms with E-state index in [-0.39, 0.29) is 12.4 Å². The summed E-state index contributed by atoms with van der Waals surface area (Å²) in [5, 5.41) is 8.84. The average molecular weight is 253 g/mol. The Labute approximate surface area is 108 Å². The van der Waals surface area contributed by atoms with Gasteiger partial charge in [0.1, 0.15) is 5.82 Å². The van der Waals surface area contributed by atoms with Crippen LogP contribution in [0.1, 0.15) is 18.4 Å². The van der Waals surface area contributed by atoms with Gasteiger partial charge in [0.25, 0.3) is 0 Å². The number of anilines is 1. The molecule has 17 heavy (non-hydrogen) atoms. The predicted molar refractivity (Wildman–Crippen MR) is 70.2 cm³/mol. The molecule has 2 N–H and O–H groups in total. The van der Waals surface area contributed by atoms with Crippen molar-refractivity contribution in [3.05, 3.63) is 23.9 Å². The molecule has 5 heteroatoms. The second-order valence-corrected chi connectivity index (χ2v) is 4.20. The lowest BCUT2D eigenvalue weighted by Crippen LogP contribution is -2.38. The molecule has 1 aromatic heterocycles. The minimum absolute atomic E-state index is 0. The van der Waals surface area contributed by atoms with Crippen molar-refractivity contribution in [2.45, 2.75) is 12.8 Å². The molecule has 0 aliphatic carbocycles. The Balaban J connectivity index is 0.00000144. The van der Waals surface area contributed by atoms with Crippen LogP contribution >= 0.6 is 12.4 Å². The summed E-state index contributed by atoms with van der Waals surface area (Å²) in [4.78, 5) is 6.54. The maximum absolute atomic E-state index is 8.84. The van der Waals surface area contributed by atoms with Gasteiger partial charge in [0, 0.05) is 19.3 Å². The number of pyridine rings is 1. The first-order chi connectivity index (χ1) is 7.83. The summed E-state index contributed by atoms with van der Waals surface area (Å²) in [5.74, 6) is 1.46. The van der Waals surface area contributed by atoms with Gasteiger partial charge >= 0.3 is 0 Å². The maximum atomic E-state index is 8.84. The highest BCUT2D eigenvalue weighted by molar-refractivity contribution is 5.85. The van der Waals surface area contributed by atoms with Gasteiger partial charge in [-0.2, -0.15) is 5.26 Å². The number of halogens is 1. The molecular weight excluding hydrogens is 236 g/mol. The first-order valence-electron chi connectivity index (χ1n) is 5.64. The van der Waals surface area contributed by atoms with Crippen molar-refractivity contribution in [1.29, 1.82) is 5.26 Å². The number of nitrogens with two attached hydrogens (primary N) is 1. The van der Waals surface area contributed by atoms with Crippen LogP contribution in [0.3, 0.4) is 0 Å². The van der Waals surface area contributed by atoms with Crippen LogP contribution < -0.4 is 10.6 Å². The van der Waals surface area contributed by atoms with Crippen molar-refractivity contribution in [3.8, 4) is 6.07 Å². The van der Waals surface area contributed by atoms with Crippen LogP contribution in [0, 0.1) is 17.2 Å². The lowest BCUT2D eigenvalue weighted by atomic mass is 9.98. The van der Waals surface area contributed by atoms with Crippen molar-refractivity contribution in [3.63, 3.8) is 0 Å². The number of hydrogen-bond donors (Lipinski definition) is 1. The van der Waals surface area contributed by atoms with Gasteiger partial charge in [0.05, 0.1) is 11.6 Å². The first-order valence-corrected chi connectivity index (χ1v) is 5.64. The smallest absolute Gasteiger partial charge is 0.129 e. The van der Waals surface area contributed by atoms with Crippen molar-refractivity contribution in [2.24, 2.45) is 11.7 Å². The lowest BCUT2D eigenvalue weighted by molar-refractivity contribution is 0.421. The van der Waals surface area contributed by atoms with E-state index < -0.39 is 0 Å². The number of nitriles is 1. The Kier molecular flexibility index (Phi) is 5.20. The average Bonchev–Trinajstić information content (AvgIpc) is 2.39. The molecule has 0 radical (unpaired) electrons. The fourth-order valence-corrected chi connectivity index (χ4v) is 2.13. The lowest BCUT2D eigenvalue weighted by Gasteiger charge is -2.33. The van der Waals surface area contributed by atoms with Gasteiger partial charge in [-0.3, -0.25) is 0 Å². The number of piperidine rings is 1. The quantitative estimate of drug-likeness (QED) is 0.867. The molecule has 1 aliphatic heterocycles. The number of rotatable bonds is 2. The molecule has 0 spiro atoms. The second kappa shape index (κ2) is 6.43. The number of hydrogen-bond acceptors (Lipinski definition) is 4. The number of aromatic nitrogens is 1. The van der Waals surface area contributed by atoms with E-state index in [9.17, 15) is 0 Å². The SMILES string of the molecule is Cl.N#Cc1ccnc(N2CCCC(CN)C2)c1. The predicted octanol–water partition coefficient (Wildman–Crippen LogP) is 1.55. The van der Waals surface area contributed by atoms with Crippen LogP contribution in [0.4, 0.5) is 5.82 Å². The zero-order valence-electron chi connectivity index (χ0n) is 9.67. The Hall–Kier alpha value is -1.31. The molecule has 2 rings (SSSR count). The first kappa shape index (κ1) is 13.8. The zero-order valence-corrected chi connectivity index (χ0v) is 10.5. The third kappa shape index (κ3) is 3.32. The van der Waals surface area contributed by atoms with Crippen molar-refractivity contribution in [2.75, 3.05) is 24.5 Å². The minimum atomic E-state index is 0. The molecule has 92 valence electrons. The van der Waals surface area contributed by atoms with Gasteiger partial charge in [-0.25, -0.2) is 4.98 Å². The fraction of sp³-hybridized carbons (Fsp3) is 0.500. The molecule has 2 heterocycles. The molecule has 0 bridgehead atoms. The standard InChI is InChI=1S/C12H16N4.ClH/c13-7-10-3-4-15-12(6-10)16-5-1-2-11(8-14)9-16;/h3-4,6,11H,1-2,5,8-9,14H2;1H. The molecule has 4 nitrogen and oxygen atoms in total. The van der Waals surface area contributed by atoms with Gasteiger partial charge in [0.2, 0.25) is 0 Å². The van der Waals surface area contributed by atoms with Gasteiger partial charge < -0.3 is 10.6 Å². The van der Waals surface area contributed by atoms with Crippen LogP contribution in [-0.2, 0) is 0 Å². The van der Waals surface area contributed by atoms with Crippen molar-refractivity contribution < 1.29 is 0 Å². The van der Waals surface area contributed by atoms with E-state index in [1.165, 1.54) is 6.42 Å². The Bertz CT molecular complexity index is 402. The molecule has 0 amide bonds. The Morgan fingerprint density at radius 1 is 1.59 bits per heavy atom. The summed E-state index contributed by atoms with van der Waals surface area (Å²) >= 11 is 0. The van der Waals surface area contributed by atoms with Gasteiger partial charge in [-0.1, -0.05) is 0 Å². The molecule has 1 aliphatic rings. The van der Waals surface area contributed by atoms with Gasteiger partial charge in [0.15, 0.2) is 0 Å². The summed E-state index contributed by atoms with van der Waals surface area (Å²) in [5.41, 5.74) is 6.37. The van der Waals surface area contributed by atoms with E-state index in [1.807, 2.05) is 6.07 Å². The van der Waals surface area contributed by atoms with E-state index in [1.54, 1.807) is 12.3 Å². The topological polar surface area (TPSA) is 65.9 Å². The summed E-state index contributed by atoms with van der Waals surface area (Å²) in [6.45, 7) is 2.70. The highest BCUT2D eigenvalue weighted by Crippen LogP contribution is 2.21. The van der Waals surface area contributed by atoms with Crippen LogP contribution in [0.15, 0.2) is 18.3 Å². The van der Waals surface area contributed by atoms with Crippen LogP contribution in [0.25, 0.3) is 0 Å². The highest BCUT2D eigenvalue weighted by atomic mass is 35.5. The van der Waals surface area contributed by atoms with E-state index in [0.717, 1.165) is 31.9 Å². The molecule has 0 saturated carbocycles. The van der Waals surface area contributed by atoms with E-state index >= 15 is 0 Å². The zero-order chi connectivity index (χ0) is 11.4. The van der Waals surface area contributed by atoms with Gasteiger partial charge in [-0.05, 0) is 37.4 Å². The molecular formula is C12H17ClN4. The van der Waals surface area contributed by atoms with E-state index in [4.69, 9.17) is 11.0 Å². The van der Waals surface area contributed by atoms with Crippen LogP contribution in [0.5, 0.6) is 0 Å². The summed E-state index contributed by atoms with van der Waals surface area (Å²) in [6.07, 6.45) is 4.05. The maximum Gasteiger partial charge on any atom is 0.129 e. The van der Waals surface area contributed by atoms with Gasteiger partial charge in [-0.15, -0.1) is 12.4 Å². The summed E-state index contributed by atoms with van der Waals surface area (Å²) in [6, 6.07) is 5.72. The molecule has 1 unspecified atom stereocenters. The monoisotopic (exact) mass is 252 g/mol. The number of nitrogens with zero attached hydrogens (tertiary/aromatic N) is 3. The summed E-state index contributed by atoms with van der Waals surface area (Å²) < 4.78 is 0. The molecule has 1 fully saturated rings. The molecule has 1 aromatic rings. The molecule has 0 aromatic carbocycles. The molecule has 1 saturated heterocycles. The third-order valence-electron chi connectivity index (χ3n) is 3.05. The van der Waals surface area contributed by atoms with Crippen LogP contribution in [0.2, 0.25) is 0 Å². The largest absolute Gasteiger partial charge is 0.356 e.